The fourth-order valence-electron chi connectivity index (χ4n) is 1.12. The quantitative estimate of drug-likeness (QED) is 0.443. The largest absolute Gasteiger partial charge is 0.399 e. The molecule has 0 atom stereocenters. The first kappa shape index (κ1) is 11.2. The van der Waals surface area contributed by atoms with Crippen LogP contribution in [0.3, 0.4) is 0 Å². The SMILES string of the molecule is C=CCCN=Cc1ccc(C(=C)N)cc1. The van der Waals surface area contributed by atoms with Crippen molar-refractivity contribution in [1.29, 1.82) is 0 Å². The van der Waals surface area contributed by atoms with Crippen LogP contribution in [0, 0.1) is 0 Å². The lowest BCUT2D eigenvalue weighted by atomic mass is 10.1. The van der Waals surface area contributed by atoms with Crippen molar-refractivity contribution in [2.24, 2.45) is 10.7 Å². The Hall–Kier alpha value is -1.83. The van der Waals surface area contributed by atoms with E-state index in [1.54, 1.807) is 0 Å². The monoisotopic (exact) mass is 200 g/mol. The first-order valence-corrected chi connectivity index (χ1v) is 4.89. The van der Waals surface area contributed by atoms with Gasteiger partial charge in [-0.1, -0.05) is 36.9 Å². The lowest BCUT2D eigenvalue weighted by Gasteiger charge is -1.99. The van der Waals surface area contributed by atoms with E-state index in [-0.39, 0.29) is 0 Å². The Labute approximate surface area is 90.8 Å². The topological polar surface area (TPSA) is 38.4 Å². The number of aliphatic imine (C=N–C) groups is 1. The van der Waals surface area contributed by atoms with E-state index in [1.807, 2.05) is 36.6 Å². The first-order chi connectivity index (χ1) is 7.24. The molecule has 0 fully saturated rings. The van der Waals surface area contributed by atoms with Crippen LogP contribution in [-0.4, -0.2) is 12.8 Å². The van der Waals surface area contributed by atoms with E-state index in [1.165, 1.54) is 0 Å². The van der Waals surface area contributed by atoms with Gasteiger partial charge in [0.1, 0.15) is 0 Å². The molecule has 0 bridgehead atoms. The first-order valence-electron chi connectivity index (χ1n) is 4.89. The van der Waals surface area contributed by atoms with Crippen molar-refractivity contribution in [2.45, 2.75) is 6.42 Å². The molecule has 0 heterocycles. The van der Waals surface area contributed by atoms with Crippen LogP contribution in [0.15, 0.2) is 48.5 Å². The highest BCUT2D eigenvalue weighted by atomic mass is 14.7. The van der Waals surface area contributed by atoms with Crippen LogP contribution in [0.2, 0.25) is 0 Å². The maximum Gasteiger partial charge on any atom is 0.0423 e. The molecule has 0 aliphatic rings. The Bertz CT molecular complexity index is 361. The van der Waals surface area contributed by atoms with Gasteiger partial charge in [0.05, 0.1) is 0 Å². The van der Waals surface area contributed by atoms with Crippen LogP contribution in [-0.2, 0) is 0 Å². The summed E-state index contributed by atoms with van der Waals surface area (Å²) >= 11 is 0. The fraction of sp³-hybridized carbons (Fsp3) is 0.154. The molecule has 0 aliphatic carbocycles. The van der Waals surface area contributed by atoms with Crippen LogP contribution in [0.25, 0.3) is 5.70 Å². The molecule has 78 valence electrons. The van der Waals surface area contributed by atoms with Gasteiger partial charge in [-0.05, 0) is 17.5 Å². The summed E-state index contributed by atoms with van der Waals surface area (Å²) in [5.74, 6) is 0. The summed E-state index contributed by atoms with van der Waals surface area (Å²) in [5.41, 5.74) is 8.18. The summed E-state index contributed by atoms with van der Waals surface area (Å²) in [5, 5.41) is 0. The predicted octanol–water partition coefficient (Wildman–Crippen LogP) is 2.61. The van der Waals surface area contributed by atoms with E-state index in [2.05, 4.69) is 18.2 Å². The maximum absolute atomic E-state index is 5.56. The van der Waals surface area contributed by atoms with E-state index in [0.717, 1.165) is 24.1 Å². The van der Waals surface area contributed by atoms with Gasteiger partial charge in [0.25, 0.3) is 0 Å². The van der Waals surface area contributed by atoms with Gasteiger partial charge >= 0.3 is 0 Å². The van der Waals surface area contributed by atoms with E-state index < -0.39 is 0 Å². The van der Waals surface area contributed by atoms with Crippen molar-refractivity contribution in [1.82, 2.24) is 0 Å². The molecule has 2 heteroatoms. The van der Waals surface area contributed by atoms with Gasteiger partial charge in [0, 0.05) is 18.5 Å². The second kappa shape index (κ2) is 5.81. The molecule has 0 amide bonds. The molecule has 1 rings (SSSR count). The molecule has 0 aliphatic heterocycles. The van der Waals surface area contributed by atoms with E-state index in [9.17, 15) is 0 Å². The maximum atomic E-state index is 5.56. The highest BCUT2D eigenvalue weighted by Crippen LogP contribution is 2.07. The van der Waals surface area contributed by atoms with Gasteiger partial charge in [-0.25, -0.2) is 0 Å². The Morgan fingerprint density at radius 1 is 1.33 bits per heavy atom. The van der Waals surface area contributed by atoms with E-state index >= 15 is 0 Å². The minimum Gasteiger partial charge on any atom is -0.399 e. The fourth-order valence-corrected chi connectivity index (χ4v) is 1.12. The third kappa shape index (κ3) is 3.81. The van der Waals surface area contributed by atoms with Crippen LogP contribution in [0.5, 0.6) is 0 Å². The highest BCUT2D eigenvalue weighted by molar-refractivity contribution is 5.80. The molecule has 0 spiro atoms. The minimum absolute atomic E-state index is 0.588. The van der Waals surface area contributed by atoms with Crippen LogP contribution in [0.4, 0.5) is 0 Å². The Balaban J connectivity index is 2.60. The third-order valence-corrected chi connectivity index (χ3v) is 1.98. The number of nitrogens with two attached hydrogens (primary N) is 1. The number of nitrogens with zero attached hydrogens (tertiary/aromatic N) is 1. The van der Waals surface area contributed by atoms with E-state index in [4.69, 9.17) is 5.73 Å². The standard InChI is InChI=1S/C13H16N2/c1-3-4-9-15-10-12-5-7-13(8-6-12)11(2)14/h3,5-8,10H,1-2,4,9,14H2. The second-order valence-electron chi connectivity index (χ2n) is 3.26. The summed E-state index contributed by atoms with van der Waals surface area (Å²) in [6.07, 6.45) is 4.62. The molecule has 0 unspecified atom stereocenters. The molecule has 0 aromatic heterocycles. The van der Waals surface area contributed by atoms with Gasteiger partial charge in [-0.3, -0.25) is 4.99 Å². The lowest BCUT2D eigenvalue weighted by Crippen LogP contribution is -1.93. The molecule has 0 radical (unpaired) electrons. The van der Waals surface area contributed by atoms with Gasteiger partial charge in [0.15, 0.2) is 0 Å². The van der Waals surface area contributed by atoms with Crippen molar-refractivity contribution < 1.29 is 0 Å². The molecule has 1 aromatic carbocycles. The van der Waals surface area contributed by atoms with Crippen LogP contribution in [0.1, 0.15) is 17.5 Å². The summed E-state index contributed by atoms with van der Waals surface area (Å²) in [6.45, 7) is 8.10. The number of benzene rings is 1. The molecular weight excluding hydrogens is 184 g/mol. The molecule has 15 heavy (non-hydrogen) atoms. The van der Waals surface area contributed by atoms with Gasteiger partial charge < -0.3 is 5.73 Å². The normalized spacial score (nSPS) is 10.4. The highest BCUT2D eigenvalue weighted by Gasteiger charge is 1.92. The van der Waals surface area contributed by atoms with Crippen molar-refractivity contribution in [3.8, 4) is 0 Å². The zero-order valence-electron chi connectivity index (χ0n) is 8.82. The molecule has 0 saturated heterocycles. The van der Waals surface area contributed by atoms with Gasteiger partial charge in [-0.2, -0.15) is 0 Å². The van der Waals surface area contributed by atoms with E-state index in [0.29, 0.717) is 5.70 Å². The zero-order valence-corrected chi connectivity index (χ0v) is 8.82. The minimum atomic E-state index is 0.588. The Morgan fingerprint density at radius 2 is 2.00 bits per heavy atom. The average molecular weight is 200 g/mol. The van der Waals surface area contributed by atoms with Crippen LogP contribution < -0.4 is 5.73 Å². The summed E-state index contributed by atoms with van der Waals surface area (Å²) in [6, 6.07) is 7.84. The molecule has 0 saturated carbocycles. The van der Waals surface area contributed by atoms with Gasteiger partial charge in [-0.15, -0.1) is 6.58 Å². The second-order valence-corrected chi connectivity index (χ2v) is 3.26. The van der Waals surface area contributed by atoms with Crippen molar-refractivity contribution >= 4 is 11.9 Å². The molecule has 2 nitrogen and oxygen atoms in total. The number of rotatable bonds is 5. The summed E-state index contributed by atoms with van der Waals surface area (Å²) < 4.78 is 0. The summed E-state index contributed by atoms with van der Waals surface area (Å²) in [4.78, 5) is 4.26. The van der Waals surface area contributed by atoms with Crippen molar-refractivity contribution in [3.63, 3.8) is 0 Å². The number of hydrogen-bond donors (Lipinski definition) is 1. The predicted molar refractivity (Wildman–Crippen MR) is 66.9 cm³/mol. The van der Waals surface area contributed by atoms with Crippen LogP contribution >= 0.6 is 0 Å². The lowest BCUT2D eigenvalue weighted by molar-refractivity contribution is 1.02. The smallest absolute Gasteiger partial charge is 0.0423 e. The average Bonchev–Trinajstić information content (AvgIpc) is 2.25. The zero-order chi connectivity index (χ0) is 11.1. The summed E-state index contributed by atoms with van der Waals surface area (Å²) in [7, 11) is 0. The van der Waals surface area contributed by atoms with Crippen molar-refractivity contribution in [2.75, 3.05) is 6.54 Å². The third-order valence-electron chi connectivity index (χ3n) is 1.98. The Morgan fingerprint density at radius 3 is 2.53 bits per heavy atom. The Kier molecular flexibility index (Phi) is 4.35. The molecule has 2 N–H and O–H groups in total. The van der Waals surface area contributed by atoms with Crippen molar-refractivity contribution in [3.05, 3.63) is 54.6 Å². The van der Waals surface area contributed by atoms with Gasteiger partial charge in [0.2, 0.25) is 0 Å². The number of hydrogen-bond acceptors (Lipinski definition) is 2. The molecular formula is C13H16N2. The molecule has 1 aromatic rings.